The lowest BCUT2D eigenvalue weighted by Gasteiger charge is -2.23. The molecule has 20 heavy (non-hydrogen) atoms. The molecular formula is C15H20O5. The van der Waals surface area contributed by atoms with Gasteiger partial charge in [0.1, 0.15) is 18.3 Å². The SMILES string of the molecule is CC1(C)OC2[C@H](OCc3ccccc3)O[C@H](CO)[C@@H]2O1. The van der Waals surface area contributed by atoms with Crippen molar-refractivity contribution in [1.82, 2.24) is 0 Å². The van der Waals surface area contributed by atoms with E-state index in [1.54, 1.807) is 0 Å². The van der Waals surface area contributed by atoms with E-state index < -0.39 is 18.2 Å². The van der Waals surface area contributed by atoms with Crippen molar-refractivity contribution >= 4 is 0 Å². The fourth-order valence-electron chi connectivity index (χ4n) is 2.68. The molecule has 1 unspecified atom stereocenters. The molecule has 0 bridgehead atoms. The number of hydrogen-bond acceptors (Lipinski definition) is 5. The van der Waals surface area contributed by atoms with E-state index in [0.29, 0.717) is 6.61 Å². The number of benzene rings is 1. The summed E-state index contributed by atoms with van der Waals surface area (Å²) in [5, 5.41) is 9.37. The molecule has 1 N–H and O–H groups in total. The normalized spacial score (nSPS) is 35.1. The van der Waals surface area contributed by atoms with Crippen LogP contribution in [0.2, 0.25) is 0 Å². The molecule has 2 heterocycles. The van der Waals surface area contributed by atoms with Crippen LogP contribution < -0.4 is 0 Å². The van der Waals surface area contributed by atoms with Crippen molar-refractivity contribution in [3.05, 3.63) is 35.9 Å². The van der Waals surface area contributed by atoms with Crippen LogP contribution >= 0.6 is 0 Å². The third-order valence-electron chi connectivity index (χ3n) is 3.54. The van der Waals surface area contributed by atoms with Gasteiger partial charge in [0.2, 0.25) is 0 Å². The fourth-order valence-corrected chi connectivity index (χ4v) is 2.68. The summed E-state index contributed by atoms with van der Waals surface area (Å²) in [7, 11) is 0. The molecule has 4 atom stereocenters. The van der Waals surface area contributed by atoms with Gasteiger partial charge in [0, 0.05) is 0 Å². The molecule has 2 saturated heterocycles. The van der Waals surface area contributed by atoms with Crippen LogP contribution in [0.3, 0.4) is 0 Å². The zero-order chi connectivity index (χ0) is 14.2. The van der Waals surface area contributed by atoms with Crippen molar-refractivity contribution in [2.75, 3.05) is 6.61 Å². The number of aliphatic hydroxyl groups is 1. The van der Waals surface area contributed by atoms with Gasteiger partial charge in [0.05, 0.1) is 13.2 Å². The van der Waals surface area contributed by atoms with Crippen LogP contribution in [-0.4, -0.2) is 42.1 Å². The maximum Gasteiger partial charge on any atom is 0.187 e. The smallest absolute Gasteiger partial charge is 0.187 e. The zero-order valence-electron chi connectivity index (χ0n) is 11.7. The minimum Gasteiger partial charge on any atom is -0.394 e. The lowest BCUT2D eigenvalue weighted by molar-refractivity contribution is -0.239. The van der Waals surface area contributed by atoms with Crippen molar-refractivity contribution in [2.45, 2.75) is 50.8 Å². The van der Waals surface area contributed by atoms with Gasteiger partial charge in [-0.2, -0.15) is 0 Å². The summed E-state index contributed by atoms with van der Waals surface area (Å²) >= 11 is 0. The highest BCUT2D eigenvalue weighted by atomic mass is 16.8. The summed E-state index contributed by atoms with van der Waals surface area (Å²) in [5.74, 6) is -0.666. The second-order valence-corrected chi connectivity index (χ2v) is 5.59. The Balaban J connectivity index is 1.65. The zero-order valence-corrected chi connectivity index (χ0v) is 11.7. The first kappa shape index (κ1) is 14.0. The number of aliphatic hydroxyl groups excluding tert-OH is 1. The first-order chi connectivity index (χ1) is 9.59. The van der Waals surface area contributed by atoms with Crippen LogP contribution in [0.15, 0.2) is 30.3 Å². The Bertz CT molecular complexity index is 447. The largest absolute Gasteiger partial charge is 0.394 e. The van der Waals surface area contributed by atoms with Crippen LogP contribution in [0.5, 0.6) is 0 Å². The summed E-state index contributed by atoms with van der Waals surface area (Å²) in [6.07, 6.45) is -1.50. The van der Waals surface area contributed by atoms with Gasteiger partial charge in [-0.15, -0.1) is 0 Å². The molecule has 0 aromatic heterocycles. The van der Waals surface area contributed by atoms with Crippen molar-refractivity contribution in [1.29, 1.82) is 0 Å². The molecule has 5 nitrogen and oxygen atoms in total. The molecule has 3 rings (SSSR count). The lowest BCUT2D eigenvalue weighted by Crippen LogP contribution is -2.32. The van der Waals surface area contributed by atoms with E-state index in [1.165, 1.54) is 0 Å². The van der Waals surface area contributed by atoms with Gasteiger partial charge >= 0.3 is 0 Å². The van der Waals surface area contributed by atoms with Crippen molar-refractivity contribution in [2.24, 2.45) is 0 Å². The Morgan fingerprint density at radius 2 is 1.85 bits per heavy atom. The molecule has 5 heteroatoms. The van der Waals surface area contributed by atoms with E-state index in [2.05, 4.69) is 0 Å². The van der Waals surface area contributed by atoms with Gasteiger partial charge in [-0.1, -0.05) is 30.3 Å². The first-order valence-corrected chi connectivity index (χ1v) is 6.86. The summed E-state index contributed by atoms with van der Waals surface area (Å²) in [4.78, 5) is 0. The van der Waals surface area contributed by atoms with Crippen LogP contribution in [0.4, 0.5) is 0 Å². The van der Waals surface area contributed by atoms with E-state index in [0.717, 1.165) is 5.56 Å². The van der Waals surface area contributed by atoms with Crippen LogP contribution in [-0.2, 0) is 25.6 Å². The third-order valence-corrected chi connectivity index (χ3v) is 3.54. The predicted octanol–water partition coefficient (Wildman–Crippen LogP) is 1.44. The van der Waals surface area contributed by atoms with Crippen LogP contribution in [0, 0.1) is 0 Å². The van der Waals surface area contributed by atoms with Gasteiger partial charge in [-0.05, 0) is 19.4 Å². The molecule has 110 valence electrons. The summed E-state index contributed by atoms with van der Waals surface area (Å²) < 4.78 is 23.1. The summed E-state index contributed by atoms with van der Waals surface area (Å²) in [5.41, 5.74) is 1.07. The minimum atomic E-state index is -0.666. The number of fused-ring (bicyclic) bond motifs is 1. The topological polar surface area (TPSA) is 57.2 Å². The molecular weight excluding hydrogens is 260 g/mol. The Morgan fingerprint density at radius 1 is 1.15 bits per heavy atom. The molecule has 2 aliphatic heterocycles. The Kier molecular flexibility index (Phi) is 3.79. The van der Waals surface area contributed by atoms with E-state index in [1.807, 2.05) is 44.2 Å². The highest BCUT2D eigenvalue weighted by molar-refractivity contribution is 5.13. The fraction of sp³-hybridized carbons (Fsp3) is 0.600. The number of rotatable bonds is 4. The second kappa shape index (κ2) is 5.42. The molecule has 1 aromatic rings. The number of hydrogen-bond donors (Lipinski definition) is 1. The summed E-state index contributed by atoms with van der Waals surface area (Å²) in [6, 6.07) is 9.87. The van der Waals surface area contributed by atoms with Crippen molar-refractivity contribution in [3.63, 3.8) is 0 Å². The highest BCUT2D eigenvalue weighted by Gasteiger charge is 2.55. The molecule has 0 amide bonds. The quantitative estimate of drug-likeness (QED) is 0.904. The van der Waals surface area contributed by atoms with Crippen molar-refractivity contribution in [3.8, 4) is 0 Å². The monoisotopic (exact) mass is 280 g/mol. The van der Waals surface area contributed by atoms with E-state index >= 15 is 0 Å². The Hall–Kier alpha value is -0.980. The maximum atomic E-state index is 9.37. The van der Waals surface area contributed by atoms with Gasteiger partial charge in [-0.25, -0.2) is 0 Å². The van der Waals surface area contributed by atoms with Gasteiger partial charge in [-0.3, -0.25) is 0 Å². The molecule has 0 spiro atoms. The van der Waals surface area contributed by atoms with Gasteiger partial charge in [0.15, 0.2) is 12.1 Å². The number of ether oxygens (including phenoxy) is 4. The average Bonchev–Trinajstić information content (AvgIpc) is 2.91. The highest BCUT2D eigenvalue weighted by Crippen LogP contribution is 2.39. The maximum absolute atomic E-state index is 9.37. The van der Waals surface area contributed by atoms with Crippen LogP contribution in [0.1, 0.15) is 19.4 Å². The van der Waals surface area contributed by atoms with Crippen LogP contribution in [0.25, 0.3) is 0 Å². The standard InChI is InChI=1S/C15H20O5/c1-15(2)19-12-11(8-16)18-14(13(12)20-15)17-9-10-6-4-3-5-7-10/h3-7,11-14,16H,8-9H2,1-2H3/t11-,12+,13?,14-/m1/s1. The molecule has 0 saturated carbocycles. The van der Waals surface area contributed by atoms with E-state index in [-0.39, 0.29) is 18.8 Å². The molecule has 0 aliphatic carbocycles. The summed E-state index contributed by atoms with van der Waals surface area (Å²) in [6.45, 7) is 4.05. The molecule has 0 radical (unpaired) electrons. The molecule has 1 aromatic carbocycles. The lowest BCUT2D eigenvalue weighted by atomic mass is 10.1. The predicted molar refractivity (Wildman–Crippen MR) is 70.8 cm³/mol. The van der Waals surface area contributed by atoms with Gasteiger partial charge in [0.25, 0.3) is 0 Å². The first-order valence-electron chi connectivity index (χ1n) is 6.86. The Morgan fingerprint density at radius 3 is 2.55 bits per heavy atom. The van der Waals surface area contributed by atoms with Crippen molar-refractivity contribution < 1.29 is 24.1 Å². The second-order valence-electron chi connectivity index (χ2n) is 5.59. The minimum absolute atomic E-state index is 0.105. The molecule has 2 aliphatic rings. The average molecular weight is 280 g/mol. The van der Waals surface area contributed by atoms with E-state index in [9.17, 15) is 5.11 Å². The van der Waals surface area contributed by atoms with Gasteiger partial charge < -0.3 is 24.1 Å². The Labute approximate surface area is 118 Å². The third kappa shape index (κ3) is 2.73. The van der Waals surface area contributed by atoms with E-state index in [4.69, 9.17) is 18.9 Å². The molecule has 2 fully saturated rings.